The van der Waals surface area contributed by atoms with E-state index in [9.17, 15) is 14.5 Å². The minimum atomic E-state index is -1.58. The number of alkyl halides is 3. The molecule has 3 atom stereocenters. The van der Waals surface area contributed by atoms with E-state index in [1.165, 1.54) is 0 Å². The van der Waals surface area contributed by atoms with Crippen molar-refractivity contribution in [1.29, 1.82) is 0 Å². The summed E-state index contributed by atoms with van der Waals surface area (Å²) in [4.78, 5) is 9.42. The van der Waals surface area contributed by atoms with E-state index in [4.69, 9.17) is 23.2 Å². The zero-order chi connectivity index (χ0) is 9.02. The summed E-state index contributed by atoms with van der Waals surface area (Å²) < 4.78 is 12.5. The minimum absolute atomic E-state index is 0.124. The molecule has 0 amide bonds. The first kappa shape index (κ1) is 10.9. The summed E-state index contributed by atoms with van der Waals surface area (Å²) in [7, 11) is 0. The van der Waals surface area contributed by atoms with E-state index in [-0.39, 0.29) is 5.88 Å². The third kappa shape index (κ3) is 3.20. The van der Waals surface area contributed by atoms with Gasteiger partial charge in [0.2, 0.25) is 0 Å². The Morgan fingerprint density at radius 3 is 2.27 bits per heavy atom. The van der Waals surface area contributed by atoms with E-state index in [1.807, 2.05) is 0 Å². The average molecular weight is 204 g/mol. The molecule has 0 rings (SSSR count). The molecular formula is C5H8Cl2FNO2. The molecule has 66 valence electrons. The second-order valence-corrected chi connectivity index (χ2v) is 2.99. The number of hydrogen-bond donors (Lipinski definition) is 0. The lowest BCUT2D eigenvalue weighted by atomic mass is 10.1. The van der Waals surface area contributed by atoms with Crippen LogP contribution in [-0.2, 0) is 0 Å². The van der Waals surface area contributed by atoms with Gasteiger partial charge in [-0.15, -0.1) is 23.2 Å². The lowest BCUT2D eigenvalue weighted by Gasteiger charge is -2.13. The first-order chi connectivity index (χ1) is 5.00. The molecule has 0 aliphatic carbocycles. The minimum Gasteiger partial charge on any atom is -0.264 e. The van der Waals surface area contributed by atoms with Crippen molar-refractivity contribution in [3.8, 4) is 0 Å². The van der Waals surface area contributed by atoms with Crippen molar-refractivity contribution in [1.82, 2.24) is 0 Å². The number of nitro groups is 1. The Bertz CT molecular complexity index is 144. The molecule has 0 saturated carbocycles. The van der Waals surface area contributed by atoms with Crippen LogP contribution < -0.4 is 0 Å². The molecule has 0 heterocycles. The van der Waals surface area contributed by atoms with Gasteiger partial charge in [0.15, 0.2) is 6.17 Å². The van der Waals surface area contributed by atoms with Crippen LogP contribution in [0.5, 0.6) is 0 Å². The average Bonchev–Trinajstić information content (AvgIpc) is 1.85. The molecule has 3 nitrogen and oxygen atoms in total. The van der Waals surface area contributed by atoms with Crippen LogP contribution in [0.2, 0.25) is 0 Å². The summed E-state index contributed by atoms with van der Waals surface area (Å²) in [5.41, 5.74) is 0. The summed E-state index contributed by atoms with van der Waals surface area (Å²) in [5.74, 6) is -0.124. The molecule has 0 aromatic rings. The van der Waals surface area contributed by atoms with Crippen molar-refractivity contribution < 1.29 is 9.31 Å². The van der Waals surface area contributed by atoms with Gasteiger partial charge in [-0.2, -0.15) is 0 Å². The predicted molar refractivity (Wildman–Crippen MR) is 41.7 cm³/mol. The van der Waals surface area contributed by atoms with Crippen LogP contribution in [0.4, 0.5) is 4.39 Å². The van der Waals surface area contributed by atoms with E-state index < -0.39 is 22.5 Å². The summed E-state index contributed by atoms with van der Waals surface area (Å²) in [6, 6.07) is -1.41. The van der Waals surface area contributed by atoms with Crippen LogP contribution in [0.3, 0.4) is 0 Å². The smallest absolute Gasteiger partial charge is 0.260 e. The third-order valence-electron chi connectivity index (χ3n) is 1.23. The van der Waals surface area contributed by atoms with Gasteiger partial charge in [0, 0.05) is 10.8 Å². The van der Waals surface area contributed by atoms with Crippen LogP contribution >= 0.6 is 23.2 Å². The molecule has 0 radical (unpaired) electrons. The fourth-order valence-electron chi connectivity index (χ4n) is 0.679. The zero-order valence-corrected chi connectivity index (χ0v) is 7.35. The van der Waals surface area contributed by atoms with Crippen molar-refractivity contribution in [2.24, 2.45) is 0 Å². The molecule has 0 aliphatic rings. The molecule has 0 spiro atoms. The number of hydrogen-bond acceptors (Lipinski definition) is 2. The van der Waals surface area contributed by atoms with Gasteiger partial charge in [-0.3, -0.25) is 10.1 Å². The van der Waals surface area contributed by atoms with Gasteiger partial charge in [0.05, 0.1) is 0 Å². The highest BCUT2D eigenvalue weighted by Gasteiger charge is 2.35. The van der Waals surface area contributed by atoms with Crippen LogP contribution in [0.15, 0.2) is 0 Å². The summed E-state index contributed by atoms with van der Waals surface area (Å²) in [5, 5.41) is 9.21. The number of rotatable bonds is 4. The van der Waals surface area contributed by atoms with Crippen molar-refractivity contribution in [3.63, 3.8) is 0 Å². The number of nitrogens with zero attached hydrogens (tertiary/aromatic N) is 1. The Balaban J connectivity index is 4.21. The maximum Gasteiger partial charge on any atom is 0.260 e. The molecule has 0 aliphatic heterocycles. The van der Waals surface area contributed by atoms with Gasteiger partial charge < -0.3 is 0 Å². The Kier molecular flexibility index (Phi) is 4.68. The predicted octanol–water partition coefficient (Wildman–Crippen LogP) is 1.84. The fourth-order valence-corrected chi connectivity index (χ4v) is 1.15. The summed E-state index contributed by atoms with van der Waals surface area (Å²) in [6.45, 7) is 1.09. The third-order valence-corrected chi connectivity index (χ3v) is 2.13. The number of halogens is 3. The van der Waals surface area contributed by atoms with Gasteiger partial charge in [0.25, 0.3) is 6.04 Å². The van der Waals surface area contributed by atoms with Gasteiger partial charge >= 0.3 is 0 Å². The second-order valence-electron chi connectivity index (χ2n) is 2.12. The first-order valence-corrected chi connectivity index (χ1v) is 3.95. The molecule has 0 saturated heterocycles. The zero-order valence-electron chi connectivity index (χ0n) is 5.84. The Morgan fingerprint density at radius 2 is 2.18 bits per heavy atom. The van der Waals surface area contributed by atoms with Gasteiger partial charge in [0.1, 0.15) is 5.38 Å². The van der Waals surface area contributed by atoms with E-state index in [2.05, 4.69) is 0 Å². The molecule has 2 unspecified atom stereocenters. The van der Waals surface area contributed by atoms with Crippen molar-refractivity contribution in [2.45, 2.75) is 24.5 Å². The first-order valence-electron chi connectivity index (χ1n) is 2.98. The summed E-state index contributed by atoms with van der Waals surface area (Å²) >= 11 is 10.6. The molecule has 0 N–H and O–H groups in total. The largest absolute Gasteiger partial charge is 0.264 e. The molecule has 0 aromatic carbocycles. The van der Waals surface area contributed by atoms with Gasteiger partial charge in [-0.05, 0) is 6.92 Å². The maximum absolute atomic E-state index is 12.5. The topological polar surface area (TPSA) is 43.1 Å². The standard InChI is InChI=1S/C5H8Cl2FNO2/c1-3(8)5(9(10)11)4(7)2-6/h3-5H,2H2,1H3/t3-,4?,5?/m1/s1. The highest BCUT2D eigenvalue weighted by Crippen LogP contribution is 2.14. The van der Waals surface area contributed by atoms with E-state index in [0.29, 0.717) is 0 Å². The monoisotopic (exact) mass is 203 g/mol. The lowest BCUT2D eigenvalue weighted by Crippen LogP contribution is -2.38. The maximum atomic E-state index is 12.5. The van der Waals surface area contributed by atoms with Crippen LogP contribution in [0, 0.1) is 10.1 Å². The van der Waals surface area contributed by atoms with Crippen LogP contribution in [0.1, 0.15) is 6.92 Å². The Hall–Kier alpha value is -0.0900. The van der Waals surface area contributed by atoms with Gasteiger partial charge in [-0.1, -0.05) is 0 Å². The lowest BCUT2D eigenvalue weighted by molar-refractivity contribution is -0.529. The van der Waals surface area contributed by atoms with Crippen molar-refractivity contribution in [2.75, 3.05) is 5.88 Å². The molecule has 0 fully saturated rings. The SMILES string of the molecule is C[C@@H](F)C(C(Cl)CCl)[N+](=O)[O-]. The van der Waals surface area contributed by atoms with Gasteiger partial charge in [-0.25, -0.2) is 4.39 Å². The molecule has 0 bridgehead atoms. The van der Waals surface area contributed by atoms with Crippen molar-refractivity contribution >= 4 is 23.2 Å². The van der Waals surface area contributed by atoms with Crippen molar-refractivity contribution in [3.05, 3.63) is 10.1 Å². The van der Waals surface area contributed by atoms with Crippen LogP contribution in [0.25, 0.3) is 0 Å². The normalized spacial score (nSPS) is 18.9. The highest BCUT2D eigenvalue weighted by atomic mass is 35.5. The quantitative estimate of drug-likeness (QED) is 0.398. The van der Waals surface area contributed by atoms with E-state index in [0.717, 1.165) is 6.92 Å². The highest BCUT2D eigenvalue weighted by molar-refractivity contribution is 6.28. The molecular weight excluding hydrogens is 196 g/mol. The fraction of sp³-hybridized carbons (Fsp3) is 1.00. The Morgan fingerprint density at radius 1 is 1.73 bits per heavy atom. The molecule has 6 heteroatoms. The second kappa shape index (κ2) is 4.72. The Labute approximate surface area is 73.6 Å². The van der Waals surface area contributed by atoms with E-state index >= 15 is 0 Å². The molecule has 11 heavy (non-hydrogen) atoms. The van der Waals surface area contributed by atoms with Crippen LogP contribution in [-0.4, -0.2) is 28.4 Å². The molecule has 0 aromatic heterocycles. The summed E-state index contributed by atoms with van der Waals surface area (Å²) in [6.07, 6.45) is -1.58. The van der Waals surface area contributed by atoms with E-state index in [1.54, 1.807) is 0 Å².